The van der Waals surface area contributed by atoms with Crippen molar-refractivity contribution in [1.82, 2.24) is 15.1 Å². The van der Waals surface area contributed by atoms with E-state index in [1.807, 2.05) is 48.5 Å². The summed E-state index contributed by atoms with van der Waals surface area (Å²) in [6.45, 7) is 2.19. The van der Waals surface area contributed by atoms with Crippen molar-refractivity contribution in [2.45, 2.75) is 25.9 Å². The molecule has 1 fully saturated rings. The van der Waals surface area contributed by atoms with Crippen molar-refractivity contribution in [2.24, 2.45) is 5.92 Å². The van der Waals surface area contributed by atoms with Gasteiger partial charge in [-0.2, -0.15) is 5.10 Å². The number of ether oxygens (including phenoxy) is 2. The van der Waals surface area contributed by atoms with E-state index in [9.17, 15) is 9.59 Å². The van der Waals surface area contributed by atoms with Crippen LogP contribution in [0.15, 0.2) is 65.6 Å². The summed E-state index contributed by atoms with van der Waals surface area (Å²) in [7, 11) is 3.18. The summed E-state index contributed by atoms with van der Waals surface area (Å²) in [5.41, 5.74) is 2.56. The first-order valence-corrected chi connectivity index (χ1v) is 11.4. The molecule has 1 aromatic heterocycles. The second-order valence-corrected chi connectivity index (χ2v) is 8.39. The predicted octanol–water partition coefficient (Wildman–Crippen LogP) is 2.84. The number of carbonyl (C=O) groups excluding carboxylic acids is 1. The number of methoxy groups -OCH3 is 2. The number of nitrogens with one attached hydrogen (secondary N) is 1. The Morgan fingerprint density at radius 1 is 1.06 bits per heavy atom. The highest BCUT2D eigenvalue weighted by molar-refractivity contribution is 5.79. The van der Waals surface area contributed by atoms with Crippen molar-refractivity contribution in [2.75, 3.05) is 32.2 Å². The van der Waals surface area contributed by atoms with Gasteiger partial charge in [-0.3, -0.25) is 9.59 Å². The van der Waals surface area contributed by atoms with E-state index in [0.717, 1.165) is 36.2 Å². The standard InChI is InChI=1S/C26H30N4O4/c1-33-23-11-10-20(13-24(23)34-2)15-27-26(32)21-9-6-12-29(18-21)22-14-25(31)30(28-16-22)17-19-7-4-3-5-8-19/h3-5,7-8,10-11,13-14,16,21H,6,9,12,15,17-18H2,1-2H3,(H,27,32)/t21-/m1/s1. The Morgan fingerprint density at radius 3 is 2.59 bits per heavy atom. The molecule has 0 bridgehead atoms. The average Bonchev–Trinajstić information content (AvgIpc) is 2.89. The molecule has 2 heterocycles. The second-order valence-electron chi connectivity index (χ2n) is 8.39. The summed E-state index contributed by atoms with van der Waals surface area (Å²) >= 11 is 0. The third kappa shape index (κ3) is 5.57. The van der Waals surface area contributed by atoms with Gasteiger partial charge in [0, 0.05) is 25.7 Å². The molecule has 1 saturated heterocycles. The molecule has 1 aliphatic rings. The summed E-state index contributed by atoms with van der Waals surface area (Å²) in [6.07, 6.45) is 3.41. The van der Waals surface area contributed by atoms with Gasteiger partial charge < -0.3 is 19.7 Å². The number of amides is 1. The monoisotopic (exact) mass is 462 g/mol. The van der Waals surface area contributed by atoms with Gasteiger partial charge in [0.1, 0.15) is 0 Å². The van der Waals surface area contributed by atoms with E-state index in [0.29, 0.717) is 31.1 Å². The molecule has 1 atom stereocenters. The van der Waals surface area contributed by atoms with E-state index in [1.165, 1.54) is 4.68 Å². The highest BCUT2D eigenvalue weighted by Gasteiger charge is 2.26. The molecule has 1 N–H and O–H groups in total. The van der Waals surface area contributed by atoms with E-state index in [-0.39, 0.29) is 17.4 Å². The third-order valence-corrected chi connectivity index (χ3v) is 6.10. The molecule has 0 unspecified atom stereocenters. The van der Waals surface area contributed by atoms with Crippen LogP contribution in [-0.4, -0.2) is 43.0 Å². The van der Waals surface area contributed by atoms with Crippen LogP contribution in [-0.2, 0) is 17.9 Å². The number of hydrogen-bond donors (Lipinski definition) is 1. The highest BCUT2D eigenvalue weighted by Crippen LogP contribution is 2.27. The summed E-state index contributed by atoms with van der Waals surface area (Å²) in [6, 6.07) is 17.0. The second kappa shape index (κ2) is 10.9. The molecule has 34 heavy (non-hydrogen) atoms. The van der Waals surface area contributed by atoms with E-state index >= 15 is 0 Å². The Labute approximate surface area is 199 Å². The lowest BCUT2D eigenvalue weighted by Crippen LogP contribution is -2.43. The molecule has 178 valence electrons. The van der Waals surface area contributed by atoms with E-state index in [2.05, 4.69) is 15.3 Å². The number of piperidine rings is 1. The predicted molar refractivity (Wildman–Crippen MR) is 130 cm³/mol. The zero-order chi connectivity index (χ0) is 23.9. The lowest BCUT2D eigenvalue weighted by molar-refractivity contribution is -0.125. The van der Waals surface area contributed by atoms with Crippen molar-refractivity contribution in [3.05, 3.63) is 82.3 Å². The Morgan fingerprint density at radius 2 is 1.85 bits per heavy atom. The van der Waals surface area contributed by atoms with Gasteiger partial charge in [0.2, 0.25) is 5.91 Å². The molecule has 0 radical (unpaired) electrons. The highest BCUT2D eigenvalue weighted by atomic mass is 16.5. The van der Waals surface area contributed by atoms with Crippen molar-refractivity contribution >= 4 is 11.6 Å². The third-order valence-electron chi connectivity index (χ3n) is 6.10. The van der Waals surface area contributed by atoms with Crippen LogP contribution in [0.25, 0.3) is 0 Å². The van der Waals surface area contributed by atoms with Crippen LogP contribution < -0.4 is 25.2 Å². The first-order chi connectivity index (χ1) is 16.6. The molecule has 0 aliphatic carbocycles. The summed E-state index contributed by atoms with van der Waals surface area (Å²) in [5.74, 6) is 1.14. The zero-order valence-corrected chi connectivity index (χ0v) is 19.6. The largest absolute Gasteiger partial charge is 0.493 e. The van der Waals surface area contributed by atoms with Gasteiger partial charge in [-0.1, -0.05) is 36.4 Å². The quantitative estimate of drug-likeness (QED) is 0.554. The topological polar surface area (TPSA) is 85.7 Å². The minimum absolute atomic E-state index is 0.00450. The molecular weight excluding hydrogens is 432 g/mol. The molecule has 8 nitrogen and oxygen atoms in total. The summed E-state index contributed by atoms with van der Waals surface area (Å²) in [4.78, 5) is 27.6. The Balaban J connectivity index is 1.37. The lowest BCUT2D eigenvalue weighted by atomic mass is 9.96. The summed E-state index contributed by atoms with van der Waals surface area (Å²) in [5, 5.41) is 7.40. The minimum Gasteiger partial charge on any atom is -0.493 e. The van der Waals surface area contributed by atoms with Gasteiger partial charge in [0.05, 0.1) is 38.6 Å². The number of rotatable bonds is 8. The van der Waals surface area contributed by atoms with Crippen LogP contribution >= 0.6 is 0 Å². The fraction of sp³-hybridized carbons (Fsp3) is 0.346. The smallest absolute Gasteiger partial charge is 0.269 e. The first kappa shape index (κ1) is 23.4. The van der Waals surface area contributed by atoms with Crippen molar-refractivity contribution in [3.8, 4) is 11.5 Å². The summed E-state index contributed by atoms with van der Waals surface area (Å²) < 4.78 is 12.1. The van der Waals surface area contributed by atoms with Crippen molar-refractivity contribution in [3.63, 3.8) is 0 Å². The van der Waals surface area contributed by atoms with Gasteiger partial charge in [0.25, 0.3) is 5.56 Å². The molecule has 1 amide bonds. The van der Waals surface area contributed by atoms with Gasteiger partial charge in [-0.25, -0.2) is 4.68 Å². The van der Waals surface area contributed by atoms with Crippen LogP contribution in [0.5, 0.6) is 11.5 Å². The number of nitrogens with zero attached hydrogens (tertiary/aromatic N) is 3. The Bertz CT molecular complexity index is 1180. The molecule has 0 spiro atoms. The lowest BCUT2D eigenvalue weighted by Gasteiger charge is -2.33. The number of hydrogen-bond acceptors (Lipinski definition) is 6. The van der Waals surface area contributed by atoms with Gasteiger partial charge >= 0.3 is 0 Å². The normalized spacial score (nSPS) is 15.6. The van der Waals surface area contributed by atoms with Gasteiger partial charge in [-0.05, 0) is 36.1 Å². The van der Waals surface area contributed by atoms with Crippen LogP contribution in [0.1, 0.15) is 24.0 Å². The van der Waals surface area contributed by atoms with Crippen LogP contribution in [0, 0.1) is 5.92 Å². The molecular formula is C26H30N4O4. The fourth-order valence-electron chi connectivity index (χ4n) is 4.22. The van der Waals surface area contributed by atoms with Crippen LogP contribution in [0.3, 0.4) is 0 Å². The maximum Gasteiger partial charge on any atom is 0.269 e. The van der Waals surface area contributed by atoms with Gasteiger partial charge in [0.15, 0.2) is 11.5 Å². The van der Waals surface area contributed by atoms with Crippen molar-refractivity contribution in [1.29, 1.82) is 0 Å². The SMILES string of the molecule is COc1ccc(CNC(=O)[C@@H]2CCCN(c3cnn(Cc4ccccc4)c(=O)c3)C2)cc1OC. The molecule has 2 aromatic carbocycles. The number of anilines is 1. The van der Waals surface area contributed by atoms with E-state index < -0.39 is 0 Å². The molecule has 1 aliphatic heterocycles. The Hall–Kier alpha value is -3.81. The number of carbonyl (C=O) groups is 1. The van der Waals surface area contributed by atoms with E-state index in [1.54, 1.807) is 26.5 Å². The molecule has 8 heteroatoms. The maximum absolute atomic E-state index is 12.9. The number of aromatic nitrogens is 2. The molecule has 3 aromatic rings. The minimum atomic E-state index is -0.152. The van der Waals surface area contributed by atoms with Crippen molar-refractivity contribution < 1.29 is 14.3 Å². The first-order valence-electron chi connectivity index (χ1n) is 11.4. The fourth-order valence-corrected chi connectivity index (χ4v) is 4.22. The van der Waals surface area contributed by atoms with E-state index in [4.69, 9.17) is 9.47 Å². The van der Waals surface area contributed by atoms with Crippen LogP contribution in [0.4, 0.5) is 5.69 Å². The molecule has 0 saturated carbocycles. The maximum atomic E-state index is 12.9. The Kier molecular flexibility index (Phi) is 7.47. The zero-order valence-electron chi connectivity index (χ0n) is 19.6. The van der Waals surface area contributed by atoms with Crippen LogP contribution in [0.2, 0.25) is 0 Å². The van der Waals surface area contributed by atoms with Gasteiger partial charge in [-0.15, -0.1) is 0 Å². The average molecular weight is 463 g/mol. The molecule has 4 rings (SSSR count). The number of benzene rings is 2.